The largest absolute Gasteiger partial charge is 0.393 e. The Hall–Kier alpha value is -4.21. The van der Waals surface area contributed by atoms with Gasteiger partial charge in [0.05, 0.1) is 6.10 Å². The highest BCUT2D eigenvalue weighted by Crippen LogP contribution is 2.54. The van der Waals surface area contributed by atoms with E-state index in [1.54, 1.807) is 4.90 Å². The molecule has 5 fully saturated rings. The molecule has 2 saturated carbocycles. The summed E-state index contributed by atoms with van der Waals surface area (Å²) in [7, 11) is 0. The third-order valence-corrected chi connectivity index (χ3v) is 14.3. The molecule has 4 unspecified atom stereocenters. The third kappa shape index (κ3) is 7.54. The van der Waals surface area contributed by atoms with Crippen molar-refractivity contribution in [3.8, 4) is 0 Å². The third-order valence-electron chi connectivity index (χ3n) is 14.3. The van der Waals surface area contributed by atoms with Gasteiger partial charge in [0, 0.05) is 69.2 Å². The van der Waals surface area contributed by atoms with Gasteiger partial charge in [-0.1, -0.05) is 42.5 Å². The van der Waals surface area contributed by atoms with Crippen molar-refractivity contribution in [1.82, 2.24) is 15.1 Å². The summed E-state index contributed by atoms with van der Waals surface area (Å²) in [4.78, 5) is 46.5. The zero-order valence-corrected chi connectivity index (χ0v) is 32.2. The zero-order valence-electron chi connectivity index (χ0n) is 32.2. The van der Waals surface area contributed by atoms with Gasteiger partial charge in [0.15, 0.2) is 0 Å². The molecule has 9 nitrogen and oxygen atoms in total. The van der Waals surface area contributed by atoms with Crippen LogP contribution in [0, 0.1) is 17.8 Å². The average molecular weight is 744 g/mol. The first-order chi connectivity index (χ1) is 26.9. The van der Waals surface area contributed by atoms with E-state index in [-0.39, 0.29) is 30.2 Å². The molecule has 9 rings (SSSR count). The van der Waals surface area contributed by atoms with Gasteiger partial charge in [-0.05, 0) is 141 Å². The van der Waals surface area contributed by atoms with E-state index in [1.165, 1.54) is 48.9 Å². The molecule has 290 valence electrons. The molecule has 3 aromatic rings. The number of amides is 3. The number of nitrogens with zero attached hydrogens (tertiary/aromatic N) is 4. The van der Waals surface area contributed by atoms with Crippen LogP contribution in [0.1, 0.15) is 103 Å². The Kier molecular flexibility index (Phi) is 10.4. The van der Waals surface area contributed by atoms with Gasteiger partial charge in [0.2, 0.25) is 11.8 Å². The molecule has 3 aromatic carbocycles. The van der Waals surface area contributed by atoms with Crippen LogP contribution in [0.4, 0.5) is 11.4 Å². The van der Waals surface area contributed by atoms with Crippen LogP contribution < -0.4 is 15.1 Å². The molecule has 2 N–H and O–H groups in total. The number of aliphatic hydroxyl groups excluding tert-OH is 1. The summed E-state index contributed by atoms with van der Waals surface area (Å²) in [6, 6.07) is 26.4. The number of anilines is 2. The molecule has 3 saturated heterocycles. The summed E-state index contributed by atoms with van der Waals surface area (Å²) in [6.45, 7) is 7.83. The molecular weight excluding hydrogens is 687 g/mol. The fourth-order valence-corrected chi connectivity index (χ4v) is 11.2. The van der Waals surface area contributed by atoms with Crippen molar-refractivity contribution in [1.29, 1.82) is 0 Å². The van der Waals surface area contributed by atoms with Gasteiger partial charge >= 0.3 is 0 Å². The van der Waals surface area contributed by atoms with E-state index >= 15 is 0 Å². The van der Waals surface area contributed by atoms with Crippen LogP contribution in [0.5, 0.6) is 0 Å². The molecule has 6 atom stereocenters. The van der Waals surface area contributed by atoms with Gasteiger partial charge in [-0.15, -0.1) is 0 Å². The van der Waals surface area contributed by atoms with Gasteiger partial charge in [0.1, 0.15) is 6.04 Å². The Morgan fingerprint density at radius 3 is 2.22 bits per heavy atom. The lowest BCUT2D eigenvalue weighted by atomic mass is 9.58. The molecule has 0 aromatic heterocycles. The molecule has 4 heterocycles. The van der Waals surface area contributed by atoms with Gasteiger partial charge in [-0.25, -0.2) is 0 Å². The molecule has 2 aliphatic carbocycles. The van der Waals surface area contributed by atoms with E-state index in [0.29, 0.717) is 42.2 Å². The number of piperidine rings is 2. The number of carbonyl (C=O) groups is 3. The highest BCUT2D eigenvalue weighted by molar-refractivity contribution is 6.05. The second kappa shape index (κ2) is 15.7. The van der Waals surface area contributed by atoms with Crippen LogP contribution in [0.3, 0.4) is 0 Å². The smallest absolute Gasteiger partial charge is 0.255 e. The van der Waals surface area contributed by atoms with E-state index in [9.17, 15) is 19.5 Å². The number of piperazine rings is 1. The van der Waals surface area contributed by atoms with Gasteiger partial charge in [-0.3, -0.25) is 24.6 Å². The maximum atomic E-state index is 13.1. The van der Waals surface area contributed by atoms with E-state index in [4.69, 9.17) is 0 Å². The molecule has 55 heavy (non-hydrogen) atoms. The number of aliphatic hydroxyl groups is 1. The second-order valence-corrected chi connectivity index (χ2v) is 17.4. The summed E-state index contributed by atoms with van der Waals surface area (Å²) in [5, 5.41) is 12.9. The number of rotatable bonds is 8. The normalized spacial score (nSPS) is 29.3. The number of fused-ring (bicyclic) bond motifs is 2. The Morgan fingerprint density at radius 1 is 0.709 bits per heavy atom. The summed E-state index contributed by atoms with van der Waals surface area (Å²) in [5.41, 5.74) is 7.11. The lowest BCUT2D eigenvalue weighted by Gasteiger charge is -2.47. The molecule has 6 aliphatic rings. The van der Waals surface area contributed by atoms with Crippen LogP contribution in [-0.4, -0.2) is 90.6 Å². The number of hydrogen-bond acceptors (Lipinski definition) is 7. The maximum absolute atomic E-state index is 13.1. The van der Waals surface area contributed by atoms with E-state index in [2.05, 4.69) is 86.7 Å². The lowest BCUT2D eigenvalue weighted by molar-refractivity contribution is -0.136. The van der Waals surface area contributed by atoms with Crippen LogP contribution >= 0.6 is 0 Å². The van der Waals surface area contributed by atoms with Crippen molar-refractivity contribution < 1.29 is 19.5 Å². The minimum atomic E-state index is -0.578. The van der Waals surface area contributed by atoms with E-state index in [0.717, 1.165) is 82.2 Å². The predicted molar refractivity (Wildman–Crippen MR) is 215 cm³/mol. The summed E-state index contributed by atoms with van der Waals surface area (Å²) in [6.07, 6.45) is 9.77. The number of nitrogens with one attached hydrogen (secondary N) is 1. The van der Waals surface area contributed by atoms with Gasteiger partial charge in [-0.2, -0.15) is 0 Å². The Balaban J connectivity index is 0.746. The lowest BCUT2D eigenvalue weighted by Crippen LogP contribution is -2.52. The molecular formula is C46H57N5O4. The van der Waals surface area contributed by atoms with E-state index < -0.39 is 6.04 Å². The Labute approximate surface area is 326 Å². The number of hydrogen-bond donors (Lipinski definition) is 2. The average Bonchev–Trinajstić information content (AvgIpc) is 3.55. The standard InChI is InChI=1S/C46H57N5O4/c52-38-12-15-40-34(29-38)8-13-39(32-4-2-1-3-5-32)44(40)33-6-9-36(10-7-33)49-22-19-31(20-23-49)18-21-48-24-26-50(27-25-48)37-11-14-41-35(28-37)30-51(46(41)55)42-16-17-43(53)47-45(42)54/h1-7,9-11,14,28,31,34,38-40,42,44,52H,8,12-13,15-27,29-30H2,(H,47,53,54)/t34?,38?,39-,40?,42?,44+/m1/s1. The second-order valence-electron chi connectivity index (χ2n) is 17.4. The SMILES string of the molecule is O=C1CCC(N2Cc3cc(N4CCN(CCC5CCN(c6ccc([C@@H]7C8CCC(O)CC8CC[C@@H]7c7ccccc7)cc6)CC5)CC4)ccc3C2=O)C(=O)N1. The molecule has 0 bridgehead atoms. The zero-order chi connectivity index (χ0) is 37.5. The van der Waals surface area contributed by atoms with Crippen molar-refractivity contribution in [2.75, 3.05) is 55.6 Å². The fourth-order valence-electron chi connectivity index (χ4n) is 11.2. The maximum Gasteiger partial charge on any atom is 0.255 e. The molecule has 3 amide bonds. The summed E-state index contributed by atoms with van der Waals surface area (Å²) >= 11 is 0. The summed E-state index contributed by atoms with van der Waals surface area (Å²) < 4.78 is 0. The number of imide groups is 1. The van der Waals surface area contributed by atoms with E-state index in [1.807, 2.05) is 6.07 Å². The molecule has 4 aliphatic heterocycles. The van der Waals surface area contributed by atoms with Crippen LogP contribution in [0.15, 0.2) is 72.8 Å². The molecule has 9 heteroatoms. The fraction of sp³-hybridized carbons (Fsp3) is 0.543. The van der Waals surface area contributed by atoms with Gasteiger partial charge in [0.25, 0.3) is 5.91 Å². The first-order valence-corrected chi connectivity index (χ1v) is 21.2. The minimum absolute atomic E-state index is 0.114. The minimum Gasteiger partial charge on any atom is -0.393 e. The Morgan fingerprint density at radius 2 is 1.45 bits per heavy atom. The van der Waals surface area contributed by atoms with Crippen LogP contribution in [-0.2, 0) is 16.1 Å². The van der Waals surface area contributed by atoms with Crippen molar-refractivity contribution in [3.05, 3.63) is 95.1 Å². The number of carbonyl (C=O) groups excluding carboxylic acids is 3. The van der Waals surface area contributed by atoms with Gasteiger partial charge < -0.3 is 19.8 Å². The van der Waals surface area contributed by atoms with Crippen molar-refractivity contribution in [2.24, 2.45) is 17.8 Å². The highest BCUT2D eigenvalue weighted by Gasteiger charge is 2.43. The van der Waals surface area contributed by atoms with Crippen molar-refractivity contribution in [2.45, 2.75) is 94.7 Å². The first kappa shape index (κ1) is 36.4. The van der Waals surface area contributed by atoms with Crippen molar-refractivity contribution in [3.63, 3.8) is 0 Å². The predicted octanol–water partition coefficient (Wildman–Crippen LogP) is 6.31. The monoisotopic (exact) mass is 743 g/mol. The van der Waals surface area contributed by atoms with Crippen LogP contribution in [0.25, 0.3) is 0 Å². The topological polar surface area (TPSA) is 96.4 Å². The quantitative estimate of drug-likeness (QED) is 0.261. The first-order valence-electron chi connectivity index (χ1n) is 21.2. The highest BCUT2D eigenvalue weighted by atomic mass is 16.3. The number of benzene rings is 3. The van der Waals surface area contributed by atoms with Crippen molar-refractivity contribution >= 4 is 29.1 Å². The molecule has 0 spiro atoms. The Bertz CT molecular complexity index is 1850. The van der Waals surface area contributed by atoms with Crippen LogP contribution in [0.2, 0.25) is 0 Å². The molecule has 0 radical (unpaired) electrons. The summed E-state index contributed by atoms with van der Waals surface area (Å²) in [5.74, 6) is 2.38.